The largest absolute Gasteiger partial charge is 0.495 e. The van der Waals surface area contributed by atoms with Gasteiger partial charge in [0.05, 0.1) is 19.1 Å². The van der Waals surface area contributed by atoms with Gasteiger partial charge >= 0.3 is 0 Å². The van der Waals surface area contributed by atoms with Crippen molar-refractivity contribution in [1.29, 1.82) is 0 Å². The van der Waals surface area contributed by atoms with Gasteiger partial charge in [0.25, 0.3) is 0 Å². The number of hydrogen-bond acceptors (Lipinski definition) is 5. The first-order chi connectivity index (χ1) is 18.1. The van der Waals surface area contributed by atoms with Gasteiger partial charge in [0.1, 0.15) is 18.3 Å². The molecule has 2 amide bonds. The van der Waals surface area contributed by atoms with Crippen LogP contribution in [0.4, 0.5) is 5.69 Å². The predicted molar refractivity (Wildman–Crippen MR) is 149 cm³/mol. The summed E-state index contributed by atoms with van der Waals surface area (Å²) in [5.74, 6) is -0.500. The van der Waals surface area contributed by atoms with Crippen LogP contribution in [-0.2, 0) is 32.6 Å². The van der Waals surface area contributed by atoms with Gasteiger partial charge in [-0.3, -0.25) is 13.9 Å². The molecule has 0 saturated carbocycles. The zero-order chi connectivity index (χ0) is 27.7. The molecule has 3 aromatic rings. The highest BCUT2D eigenvalue weighted by atomic mass is 32.2. The van der Waals surface area contributed by atoms with E-state index >= 15 is 0 Å². The molecule has 9 heteroatoms. The third-order valence-corrected chi connectivity index (χ3v) is 7.06. The quantitative estimate of drug-likeness (QED) is 0.381. The van der Waals surface area contributed by atoms with Crippen molar-refractivity contribution < 1.29 is 22.7 Å². The molecule has 1 atom stereocenters. The van der Waals surface area contributed by atoms with E-state index in [1.165, 1.54) is 12.0 Å². The molecule has 3 aromatic carbocycles. The summed E-state index contributed by atoms with van der Waals surface area (Å²) >= 11 is 0. The van der Waals surface area contributed by atoms with E-state index in [1.54, 1.807) is 24.3 Å². The first-order valence-electron chi connectivity index (χ1n) is 12.4. The van der Waals surface area contributed by atoms with Crippen molar-refractivity contribution in [3.63, 3.8) is 0 Å². The van der Waals surface area contributed by atoms with Crippen LogP contribution in [0.5, 0.6) is 5.75 Å². The van der Waals surface area contributed by atoms with Gasteiger partial charge in [-0.25, -0.2) is 8.42 Å². The van der Waals surface area contributed by atoms with Gasteiger partial charge in [-0.2, -0.15) is 0 Å². The number of carbonyl (C=O) groups excluding carboxylic acids is 2. The van der Waals surface area contributed by atoms with Crippen molar-refractivity contribution in [2.75, 3.05) is 24.2 Å². The SMILES string of the molecule is COc1ccccc1N(CC(=O)N(Cc1ccccc1)[C@H](Cc1ccccc1)C(=O)NC(C)C)S(C)(=O)=O. The zero-order valence-electron chi connectivity index (χ0n) is 22.2. The fourth-order valence-electron chi connectivity index (χ4n) is 4.15. The second kappa shape index (κ2) is 13.1. The number of rotatable bonds is 12. The molecule has 0 fully saturated rings. The third-order valence-electron chi connectivity index (χ3n) is 5.93. The van der Waals surface area contributed by atoms with Crippen molar-refractivity contribution in [1.82, 2.24) is 10.2 Å². The molecule has 0 unspecified atom stereocenters. The summed E-state index contributed by atoms with van der Waals surface area (Å²) in [5.41, 5.74) is 1.95. The number of benzene rings is 3. The van der Waals surface area contributed by atoms with Crippen molar-refractivity contribution in [3.05, 3.63) is 96.1 Å². The number of carbonyl (C=O) groups is 2. The van der Waals surface area contributed by atoms with Crippen molar-refractivity contribution in [2.45, 2.75) is 38.9 Å². The Morgan fingerprint density at radius 2 is 1.42 bits per heavy atom. The minimum Gasteiger partial charge on any atom is -0.495 e. The molecule has 1 N–H and O–H groups in total. The van der Waals surface area contributed by atoms with Crippen LogP contribution in [0.2, 0.25) is 0 Å². The molecule has 8 nitrogen and oxygen atoms in total. The molecule has 0 aliphatic carbocycles. The van der Waals surface area contributed by atoms with Crippen LogP contribution in [0.25, 0.3) is 0 Å². The standard InChI is InChI=1S/C29H35N3O5S/c1-22(2)30-29(34)26(19-23-13-7-5-8-14-23)31(20-24-15-9-6-10-16-24)28(33)21-32(38(4,35)36)25-17-11-12-18-27(25)37-3/h5-18,22,26H,19-21H2,1-4H3,(H,30,34)/t26-/m1/s1. The number of ether oxygens (including phenoxy) is 1. The number of nitrogens with zero attached hydrogens (tertiary/aromatic N) is 2. The molecule has 202 valence electrons. The molecule has 0 spiro atoms. The second-order valence-corrected chi connectivity index (χ2v) is 11.2. The van der Waals surface area contributed by atoms with E-state index < -0.39 is 28.5 Å². The number of hydrogen-bond donors (Lipinski definition) is 1. The lowest BCUT2D eigenvalue weighted by Crippen LogP contribution is -2.54. The Morgan fingerprint density at radius 3 is 1.97 bits per heavy atom. The Morgan fingerprint density at radius 1 is 0.868 bits per heavy atom. The fourth-order valence-corrected chi connectivity index (χ4v) is 5.00. The minimum atomic E-state index is -3.87. The maximum absolute atomic E-state index is 14.0. The smallest absolute Gasteiger partial charge is 0.244 e. The van der Waals surface area contributed by atoms with Gasteiger partial charge in [-0.1, -0.05) is 72.8 Å². The number of anilines is 1. The molecule has 0 aromatic heterocycles. The Hall–Kier alpha value is -3.85. The van der Waals surface area contributed by atoms with Crippen molar-refractivity contribution in [2.24, 2.45) is 0 Å². The highest BCUT2D eigenvalue weighted by Crippen LogP contribution is 2.29. The zero-order valence-corrected chi connectivity index (χ0v) is 23.0. The first kappa shape index (κ1) is 28.7. The van der Waals surface area contributed by atoms with Crippen LogP contribution in [0, 0.1) is 0 Å². The molecule has 0 aliphatic heterocycles. The molecular weight excluding hydrogens is 502 g/mol. The van der Waals surface area contributed by atoms with Gasteiger partial charge < -0.3 is 15.0 Å². The van der Waals surface area contributed by atoms with Crippen LogP contribution in [-0.4, -0.2) is 57.1 Å². The van der Waals surface area contributed by atoms with Crippen LogP contribution in [0.3, 0.4) is 0 Å². The third kappa shape index (κ3) is 7.82. The summed E-state index contributed by atoms with van der Waals surface area (Å²) in [7, 11) is -2.43. The maximum Gasteiger partial charge on any atom is 0.244 e. The fraction of sp³-hybridized carbons (Fsp3) is 0.310. The summed E-state index contributed by atoms with van der Waals surface area (Å²) in [6.07, 6.45) is 1.31. The highest BCUT2D eigenvalue weighted by molar-refractivity contribution is 7.92. The van der Waals surface area contributed by atoms with Gasteiger partial charge in [0, 0.05) is 19.0 Å². The van der Waals surface area contributed by atoms with E-state index in [4.69, 9.17) is 4.74 Å². The average molecular weight is 538 g/mol. The van der Waals surface area contributed by atoms with E-state index in [1.807, 2.05) is 74.5 Å². The van der Waals surface area contributed by atoms with Gasteiger partial charge in [0.2, 0.25) is 21.8 Å². The van der Waals surface area contributed by atoms with Gasteiger partial charge in [-0.15, -0.1) is 0 Å². The van der Waals surface area contributed by atoms with E-state index in [0.29, 0.717) is 5.75 Å². The van der Waals surface area contributed by atoms with Gasteiger partial charge in [0.15, 0.2) is 0 Å². The van der Waals surface area contributed by atoms with Crippen LogP contribution in [0.15, 0.2) is 84.9 Å². The van der Waals surface area contributed by atoms with E-state index in [0.717, 1.165) is 21.7 Å². The van der Waals surface area contributed by atoms with Crippen LogP contribution < -0.4 is 14.4 Å². The lowest BCUT2D eigenvalue weighted by atomic mass is 10.0. The molecular formula is C29H35N3O5S. The average Bonchev–Trinajstić information content (AvgIpc) is 2.89. The molecule has 3 rings (SSSR count). The number of amides is 2. The number of sulfonamides is 1. The maximum atomic E-state index is 14.0. The molecule has 0 bridgehead atoms. The summed E-state index contributed by atoms with van der Waals surface area (Å²) < 4.78 is 32.1. The number of methoxy groups -OCH3 is 1. The molecule has 38 heavy (non-hydrogen) atoms. The highest BCUT2D eigenvalue weighted by Gasteiger charge is 2.33. The molecule has 0 aliphatic rings. The lowest BCUT2D eigenvalue weighted by molar-refractivity contribution is -0.140. The Kier molecular flexibility index (Phi) is 9.90. The summed E-state index contributed by atoms with van der Waals surface area (Å²) in [5, 5.41) is 2.93. The monoisotopic (exact) mass is 537 g/mol. The van der Waals surface area contributed by atoms with E-state index in [9.17, 15) is 18.0 Å². The second-order valence-electron chi connectivity index (χ2n) is 9.32. The van der Waals surface area contributed by atoms with Crippen LogP contribution >= 0.6 is 0 Å². The lowest BCUT2D eigenvalue weighted by Gasteiger charge is -2.34. The Balaban J connectivity index is 2.05. The van der Waals surface area contributed by atoms with E-state index in [2.05, 4.69) is 5.32 Å². The van der Waals surface area contributed by atoms with E-state index in [-0.39, 0.29) is 30.6 Å². The minimum absolute atomic E-state index is 0.131. The Bertz CT molecular complexity index is 1310. The van der Waals surface area contributed by atoms with Crippen molar-refractivity contribution >= 4 is 27.5 Å². The molecule has 0 radical (unpaired) electrons. The topological polar surface area (TPSA) is 96.0 Å². The number of para-hydroxylation sites is 2. The van der Waals surface area contributed by atoms with Crippen LogP contribution in [0.1, 0.15) is 25.0 Å². The molecule has 0 heterocycles. The van der Waals surface area contributed by atoms with Crippen molar-refractivity contribution in [3.8, 4) is 5.75 Å². The molecule has 0 saturated heterocycles. The predicted octanol–water partition coefficient (Wildman–Crippen LogP) is 3.63. The summed E-state index contributed by atoms with van der Waals surface area (Å²) in [4.78, 5) is 29.0. The Labute approximate surface area is 225 Å². The summed E-state index contributed by atoms with van der Waals surface area (Å²) in [6.45, 7) is 3.35. The summed E-state index contributed by atoms with van der Waals surface area (Å²) in [6, 6.07) is 24.4. The first-order valence-corrected chi connectivity index (χ1v) is 14.2. The number of nitrogens with one attached hydrogen (secondary N) is 1. The normalized spacial score (nSPS) is 12.0. The van der Waals surface area contributed by atoms with Gasteiger partial charge in [-0.05, 0) is 37.1 Å².